The second-order valence-electron chi connectivity index (χ2n) is 8.96. The summed E-state index contributed by atoms with van der Waals surface area (Å²) in [6.07, 6.45) is 1.28. The molecule has 0 aliphatic heterocycles. The number of aryl methyl sites for hydroxylation is 1. The molecule has 7 nitrogen and oxygen atoms in total. The van der Waals surface area contributed by atoms with Gasteiger partial charge in [0.1, 0.15) is 12.6 Å². The average Bonchev–Trinajstić information content (AvgIpc) is 2.86. The molecule has 202 valence electrons. The van der Waals surface area contributed by atoms with Crippen LogP contribution in [0, 0.1) is 6.92 Å². The smallest absolute Gasteiger partial charge is 0.244 e. The fraction of sp³-hybridized carbons (Fsp3) is 0.286. The first kappa shape index (κ1) is 29.5. The van der Waals surface area contributed by atoms with E-state index in [1.165, 1.54) is 4.90 Å². The van der Waals surface area contributed by atoms with Crippen molar-refractivity contribution < 1.29 is 18.0 Å². The van der Waals surface area contributed by atoms with Crippen molar-refractivity contribution in [3.63, 3.8) is 0 Å². The summed E-state index contributed by atoms with van der Waals surface area (Å²) in [7, 11) is -3.82. The molecule has 0 fully saturated rings. The maximum Gasteiger partial charge on any atom is 0.244 e. The lowest BCUT2D eigenvalue weighted by Gasteiger charge is -2.33. The fourth-order valence-electron chi connectivity index (χ4n) is 4.00. The first-order valence-electron chi connectivity index (χ1n) is 12.1. The summed E-state index contributed by atoms with van der Waals surface area (Å²) in [6.45, 7) is 3.54. The van der Waals surface area contributed by atoms with E-state index in [9.17, 15) is 18.0 Å². The Balaban J connectivity index is 2.06. The molecule has 0 aliphatic rings. The lowest BCUT2D eigenvalue weighted by atomic mass is 10.0. The summed E-state index contributed by atoms with van der Waals surface area (Å²) in [4.78, 5) is 28.6. The maximum absolute atomic E-state index is 13.9. The van der Waals surface area contributed by atoms with Gasteiger partial charge in [0.05, 0.1) is 11.9 Å². The van der Waals surface area contributed by atoms with Gasteiger partial charge in [0.15, 0.2) is 0 Å². The number of carbonyl (C=O) groups is 2. The first-order valence-corrected chi connectivity index (χ1v) is 14.7. The Morgan fingerprint density at radius 1 is 0.974 bits per heavy atom. The van der Waals surface area contributed by atoms with Gasteiger partial charge in [-0.05, 0) is 49.2 Å². The summed E-state index contributed by atoms with van der Waals surface area (Å²) in [5.41, 5.74) is 2.73. The highest BCUT2D eigenvalue weighted by molar-refractivity contribution is 7.92. The summed E-state index contributed by atoms with van der Waals surface area (Å²) < 4.78 is 26.6. The van der Waals surface area contributed by atoms with E-state index < -0.39 is 28.5 Å². The van der Waals surface area contributed by atoms with Gasteiger partial charge < -0.3 is 10.2 Å². The number of hydrogen-bond acceptors (Lipinski definition) is 4. The second kappa shape index (κ2) is 13.1. The third-order valence-electron chi connectivity index (χ3n) is 5.98. The van der Waals surface area contributed by atoms with E-state index >= 15 is 0 Å². The van der Waals surface area contributed by atoms with E-state index in [1.54, 1.807) is 49.4 Å². The molecule has 1 atom stereocenters. The first-order chi connectivity index (χ1) is 18.0. The molecule has 3 rings (SSSR count). The zero-order valence-electron chi connectivity index (χ0n) is 21.5. The van der Waals surface area contributed by atoms with Crippen molar-refractivity contribution >= 4 is 50.7 Å². The molecule has 0 aromatic heterocycles. The van der Waals surface area contributed by atoms with Gasteiger partial charge in [0, 0.05) is 29.6 Å². The number of hydrogen-bond donors (Lipinski definition) is 1. The standard InChI is InChI=1S/C28H31Cl2N3O4S/c1-4-31-28(35)26(16-21-8-6-5-7-9-21)32(18-22-12-13-23(29)17-25(22)30)27(34)19-33(38(3,36)37)24-14-10-20(2)11-15-24/h5-15,17,26H,4,16,18-19H2,1-3H3,(H,31,35)/t26-/m0/s1. The van der Waals surface area contributed by atoms with Crippen LogP contribution >= 0.6 is 23.2 Å². The van der Waals surface area contributed by atoms with Crippen molar-refractivity contribution in [3.05, 3.63) is 99.5 Å². The van der Waals surface area contributed by atoms with Crippen LogP contribution in [0.5, 0.6) is 0 Å². The maximum atomic E-state index is 13.9. The third kappa shape index (κ3) is 7.96. The van der Waals surface area contributed by atoms with Crippen LogP contribution in [0.25, 0.3) is 0 Å². The van der Waals surface area contributed by atoms with Crippen molar-refractivity contribution in [2.45, 2.75) is 32.9 Å². The molecule has 0 unspecified atom stereocenters. The molecule has 3 aromatic rings. The number of sulfonamides is 1. The van der Waals surface area contributed by atoms with Gasteiger partial charge in [0.2, 0.25) is 21.8 Å². The summed E-state index contributed by atoms with van der Waals surface area (Å²) in [6, 6.07) is 20.2. The Morgan fingerprint density at radius 2 is 1.63 bits per heavy atom. The lowest BCUT2D eigenvalue weighted by molar-refractivity contribution is -0.140. The van der Waals surface area contributed by atoms with Crippen LogP contribution in [-0.4, -0.2) is 50.5 Å². The van der Waals surface area contributed by atoms with Crippen LogP contribution in [0.3, 0.4) is 0 Å². The van der Waals surface area contributed by atoms with Crippen molar-refractivity contribution in [1.29, 1.82) is 0 Å². The minimum atomic E-state index is -3.82. The van der Waals surface area contributed by atoms with Crippen molar-refractivity contribution in [2.24, 2.45) is 0 Å². The fourth-order valence-corrected chi connectivity index (χ4v) is 5.32. The SMILES string of the molecule is CCNC(=O)[C@H](Cc1ccccc1)N(Cc1ccc(Cl)cc1Cl)C(=O)CN(c1ccc(C)cc1)S(C)(=O)=O. The van der Waals surface area contributed by atoms with Crippen LogP contribution in [0.1, 0.15) is 23.6 Å². The number of carbonyl (C=O) groups excluding carboxylic acids is 2. The number of nitrogens with zero attached hydrogens (tertiary/aromatic N) is 2. The van der Waals surface area contributed by atoms with Gasteiger partial charge in [-0.2, -0.15) is 0 Å². The summed E-state index contributed by atoms with van der Waals surface area (Å²) in [5.74, 6) is -0.898. The Kier molecular flexibility index (Phi) is 10.2. The van der Waals surface area contributed by atoms with Crippen LogP contribution in [-0.2, 0) is 32.6 Å². The minimum Gasteiger partial charge on any atom is -0.355 e. The molecule has 1 N–H and O–H groups in total. The average molecular weight is 577 g/mol. The molecular formula is C28H31Cl2N3O4S. The molecule has 38 heavy (non-hydrogen) atoms. The Labute approximate surface area is 234 Å². The molecule has 3 aromatic carbocycles. The molecule has 0 saturated carbocycles. The number of likely N-dealkylation sites (N-methyl/N-ethyl adjacent to an activating group) is 1. The van der Waals surface area contributed by atoms with Gasteiger partial charge in [-0.25, -0.2) is 8.42 Å². The zero-order valence-corrected chi connectivity index (χ0v) is 23.9. The molecule has 0 heterocycles. The molecular weight excluding hydrogens is 545 g/mol. The lowest BCUT2D eigenvalue weighted by Crippen LogP contribution is -2.53. The number of amides is 2. The van der Waals surface area contributed by atoms with E-state index in [2.05, 4.69) is 5.32 Å². The largest absolute Gasteiger partial charge is 0.355 e. The number of nitrogens with one attached hydrogen (secondary N) is 1. The molecule has 10 heteroatoms. The second-order valence-corrected chi connectivity index (χ2v) is 11.7. The van der Waals surface area contributed by atoms with Crippen molar-refractivity contribution in [1.82, 2.24) is 10.2 Å². The Morgan fingerprint density at radius 3 is 2.21 bits per heavy atom. The third-order valence-corrected chi connectivity index (χ3v) is 7.71. The highest BCUT2D eigenvalue weighted by Crippen LogP contribution is 2.25. The monoisotopic (exact) mass is 575 g/mol. The van der Waals surface area contributed by atoms with E-state index in [0.717, 1.165) is 21.7 Å². The normalized spacial score (nSPS) is 12.0. The van der Waals surface area contributed by atoms with E-state index in [1.807, 2.05) is 37.3 Å². The number of rotatable bonds is 11. The number of anilines is 1. The Bertz CT molecular complexity index is 1370. The van der Waals surface area contributed by atoms with Crippen LogP contribution < -0.4 is 9.62 Å². The molecule has 2 amide bonds. The predicted octanol–water partition coefficient (Wildman–Crippen LogP) is 4.84. The van der Waals surface area contributed by atoms with Gasteiger partial charge >= 0.3 is 0 Å². The molecule has 0 saturated heterocycles. The Hall–Kier alpha value is -3.07. The van der Waals surface area contributed by atoms with Crippen molar-refractivity contribution in [2.75, 3.05) is 23.7 Å². The number of halogens is 2. The zero-order chi connectivity index (χ0) is 27.9. The van der Waals surface area contributed by atoms with Crippen LogP contribution in [0.2, 0.25) is 10.0 Å². The van der Waals surface area contributed by atoms with E-state index in [4.69, 9.17) is 23.2 Å². The predicted molar refractivity (Wildman–Crippen MR) is 153 cm³/mol. The highest BCUT2D eigenvalue weighted by atomic mass is 35.5. The highest BCUT2D eigenvalue weighted by Gasteiger charge is 2.33. The molecule has 0 spiro atoms. The van der Waals surface area contributed by atoms with Crippen molar-refractivity contribution in [3.8, 4) is 0 Å². The van der Waals surface area contributed by atoms with Gasteiger partial charge in [0.25, 0.3) is 0 Å². The van der Waals surface area contributed by atoms with Crippen LogP contribution in [0.15, 0.2) is 72.8 Å². The molecule has 0 bridgehead atoms. The summed E-state index contributed by atoms with van der Waals surface area (Å²) in [5, 5.41) is 3.58. The van der Waals surface area contributed by atoms with Gasteiger partial charge in [-0.15, -0.1) is 0 Å². The van der Waals surface area contributed by atoms with E-state index in [0.29, 0.717) is 27.8 Å². The minimum absolute atomic E-state index is 0.0189. The van der Waals surface area contributed by atoms with E-state index in [-0.39, 0.29) is 18.9 Å². The molecule has 0 aliphatic carbocycles. The quantitative estimate of drug-likeness (QED) is 0.354. The van der Waals surface area contributed by atoms with Crippen LogP contribution in [0.4, 0.5) is 5.69 Å². The van der Waals surface area contributed by atoms with Gasteiger partial charge in [-0.1, -0.05) is 77.3 Å². The topological polar surface area (TPSA) is 86.8 Å². The molecule has 0 radical (unpaired) electrons. The van der Waals surface area contributed by atoms with Gasteiger partial charge in [-0.3, -0.25) is 13.9 Å². The summed E-state index contributed by atoms with van der Waals surface area (Å²) >= 11 is 12.5. The number of benzene rings is 3.